The quantitative estimate of drug-likeness (QED) is 0.561. The van der Waals surface area contributed by atoms with E-state index in [0.29, 0.717) is 30.6 Å². The monoisotopic (exact) mass is 519 g/mol. The van der Waals surface area contributed by atoms with Gasteiger partial charge in [-0.05, 0) is 60.9 Å². The maximum Gasteiger partial charge on any atom is 0.258 e. The summed E-state index contributed by atoms with van der Waals surface area (Å²) in [4.78, 5) is 12.4. The van der Waals surface area contributed by atoms with Gasteiger partial charge in [0.2, 0.25) is 0 Å². The van der Waals surface area contributed by atoms with Crippen LogP contribution >= 0.6 is 11.6 Å². The third-order valence-electron chi connectivity index (χ3n) is 7.12. The molecule has 0 bridgehead atoms. The van der Waals surface area contributed by atoms with Crippen LogP contribution in [-0.4, -0.2) is 44.6 Å². The van der Waals surface area contributed by atoms with Gasteiger partial charge < -0.3 is 14.8 Å². The van der Waals surface area contributed by atoms with Crippen LogP contribution in [0.4, 0.5) is 0 Å². The number of ether oxygens (including phenoxy) is 2. The average molecular weight is 520 g/mol. The van der Waals surface area contributed by atoms with Crippen molar-refractivity contribution in [3.63, 3.8) is 0 Å². The van der Waals surface area contributed by atoms with Crippen molar-refractivity contribution in [2.45, 2.75) is 51.2 Å². The van der Waals surface area contributed by atoms with E-state index < -0.39 is 15.4 Å². The van der Waals surface area contributed by atoms with Gasteiger partial charge in [0, 0.05) is 10.9 Å². The van der Waals surface area contributed by atoms with E-state index in [1.54, 1.807) is 6.92 Å². The Balaban J connectivity index is 1.40. The summed E-state index contributed by atoms with van der Waals surface area (Å²) in [5.74, 6) is 1.27. The SMILES string of the molecule is CC(C)[C@@H]1C[C@H](c2ccccc2Cl)CO[C@H]1c1cccc(OCC(=O)NC2(C)CCS(=O)(=O)C2)c1. The van der Waals surface area contributed by atoms with Crippen LogP contribution in [0.25, 0.3) is 0 Å². The number of amides is 1. The highest BCUT2D eigenvalue weighted by Gasteiger charge is 2.39. The normalized spacial score (nSPS) is 28.1. The maximum absolute atomic E-state index is 12.4. The van der Waals surface area contributed by atoms with Crippen LogP contribution in [0.3, 0.4) is 0 Å². The number of hydrogen-bond donors (Lipinski definition) is 1. The molecule has 2 aliphatic heterocycles. The van der Waals surface area contributed by atoms with Gasteiger partial charge in [-0.2, -0.15) is 0 Å². The van der Waals surface area contributed by atoms with Crippen LogP contribution in [0.5, 0.6) is 5.75 Å². The summed E-state index contributed by atoms with van der Waals surface area (Å²) in [6, 6.07) is 15.7. The van der Waals surface area contributed by atoms with E-state index >= 15 is 0 Å². The second-order valence-corrected chi connectivity index (χ2v) is 13.0. The predicted molar refractivity (Wildman–Crippen MR) is 138 cm³/mol. The molecule has 2 saturated heterocycles. The van der Waals surface area contributed by atoms with E-state index in [-0.39, 0.29) is 36.0 Å². The minimum absolute atomic E-state index is 0.0357. The molecule has 1 N–H and O–H groups in total. The molecule has 0 spiro atoms. The number of nitrogens with one attached hydrogen (secondary N) is 1. The zero-order valence-corrected chi connectivity index (χ0v) is 22.1. The van der Waals surface area contributed by atoms with E-state index in [4.69, 9.17) is 21.1 Å². The molecule has 190 valence electrons. The summed E-state index contributed by atoms with van der Waals surface area (Å²) < 4.78 is 35.8. The van der Waals surface area contributed by atoms with Gasteiger partial charge in [0.1, 0.15) is 5.75 Å². The Hall–Kier alpha value is -2.09. The van der Waals surface area contributed by atoms with E-state index in [2.05, 4.69) is 25.2 Å². The average Bonchev–Trinajstić information content (AvgIpc) is 3.10. The molecule has 6 nitrogen and oxygen atoms in total. The zero-order chi connectivity index (χ0) is 25.2. The lowest BCUT2D eigenvalue weighted by atomic mass is 9.76. The van der Waals surface area contributed by atoms with Gasteiger partial charge in [-0.25, -0.2) is 8.42 Å². The molecule has 2 aromatic rings. The molecule has 0 aromatic heterocycles. The fourth-order valence-corrected chi connectivity index (χ4v) is 7.65. The molecule has 4 rings (SSSR count). The number of benzene rings is 2. The second-order valence-electron chi connectivity index (χ2n) is 10.4. The summed E-state index contributed by atoms with van der Waals surface area (Å²) in [6.07, 6.45) is 1.32. The first-order chi connectivity index (χ1) is 16.6. The molecule has 2 aliphatic rings. The predicted octanol–water partition coefficient (Wildman–Crippen LogP) is 4.93. The zero-order valence-electron chi connectivity index (χ0n) is 20.5. The van der Waals surface area contributed by atoms with Crippen molar-refractivity contribution in [1.29, 1.82) is 0 Å². The Labute approximate surface area is 213 Å². The molecule has 0 radical (unpaired) electrons. The molecule has 2 heterocycles. The maximum atomic E-state index is 12.4. The third kappa shape index (κ3) is 6.38. The van der Waals surface area contributed by atoms with Gasteiger partial charge in [0.15, 0.2) is 16.4 Å². The van der Waals surface area contributed by atoms with E-state index in [1.165, 1.54) is 0 Å². The van der Waals surface area contributed by atoms with Crippen molar-refractivity contribution in [1.82, 2.24) is 5.32 Å². The molecular weight excluding hydrogens is 486 g/mol. The van der Waals surface area contributed by atoms with Crippen LogP contribution in [0, 0.1) is 11.8 Å². The Morgan fingerprint density at radius 1 is 1.23 bits per heavy atom. The van der Waals surface area contributed by atoms with Crippen LogP contribution in [0.1, 0.15) is 56.8 Å². The molecule has 8 heteroatoms. The van der Waals surface area contributed by atoms with E-state index in [0.717, 1.165) is 22.6 Å². The number of halogens is 1. The van der Waals surface area contributed by atoms with Gasteiger partial charge in [-0.15, -0.1) is 0 Å². The van der Waals surface area contributed by atoms with E-state index in [9.17, 15) is 13.2 Å². The largest absolute Gasteiger partial charge is 0.484 e. The Bertz CT molecular complexity index is 1170. The molecule has 2 aromatic carbocycles. The lowest BCUT2D eigenvalue weighted by molar-refractivity contribution is -0.124. The molecule has 35 heavy (non-hydrogen) atoms. The van der Waals surface area contributed by atoms with Crippen LogP contribution in [0.15, 0.2) is 48.5 Å². The minimum atomic E-state index is -3.10. The Morgan fingerprint density at radius 2 is 2.00 bits per heavy atom. The fraction of sp³-hybridized carbons (Fsp3) is 0.519. The van der Waals surface area contributed by atoms with Gasteiger partial charge in [-0.3, -0.25) is 4.79 Å². The van der Waals surface area contributed by atoms with Gasteiger partial charge >= 0.3 is 0 Å². The third-order valence-corrected chi connectivity index (χ3v) is 9.37. The first kappa shape index (κ1) is 26.0. The molecule has 1 amide bonds. The number of rotatable bonds is 7. The first-order valence-corrected chi connectivity index (χ1v) is 14.4. The van der Waals surface area contributed by atoms with Crippen LogP contribution in [0.2, 0.25) is 5.02 Å². The molecular formula is C27H34ClNO5S. The highest BCUT2D eigenvalue weighted by molar-refractivity contribution is 7.91. The lowest BCUT2D eigenvalue weighted by Gasteiger charge is -2.39. The van der Waals surface area contributed by atoms with Gasteiger partial charge in [0.05, 0.1) is 29.8 Å². The molecule has 0 saturated carbocycles. The molecule has 2 fully saturated rings. The van der Waals surface area contributed by atoms with Crippen molar-refractivity contribution in [3.05, 3.63) is 64.7 Å². The topological polar surface area (TPSA) is 81.7 Å². The van der Waals surface area contributed by atoms with Crippen molar-refractivity contribution in [2.24, 2.45) is 11.8 Å². The van der Waals surface area contributed by atoms with Crippen molar-refractivity contribution in [2.75, 3.05) is 24.7 Å². The number of carbonyl (C=O) groups is 1. The summed E-state index contributed by atoms with van der Waals surface area (Å²) >= 11 is 6.46. The van der Waals surface area contributed by atoms with Crippen molar-refractivity contribution < 1.29 is 22.7 Å². The summed E-state index contributed by atoms with van der Waals surface area (Å²) in [5.41, 5.74) is 1.41. The van der Waals surface area contributed by atoms with Crippen molar-refractivity contribution in [3.8, 4) is 5.75 Å². The first-order valence-electron chi connectivity index (χ1n) is 12.2. The van der Waals surface area contributed by atoms with Gasteiger partial charge in [-0.1, -0.05) is 55.8 Å². The molecule has 4 atom stereocenters. The number of hydrogen-bond acceptors (Lipinski definition) is 5. The standard InChI is InChI=1S/C27H34ClNO5S/c1-18(2)23-14-20(22-9-4-5-10-24(22)28)15-34-26(23)19-7-6-8-21(13-19)33-16-25(30)29-27(3)11-12-35(31,32)17-27/h4-10,13,18,20,23,26H,11-12,14-17H2,1-3H3,(H,29,30)/t20-,23-,26-,27?/m0/s1. The molecule has 0 aliphatic carbocycles. The van der Waals surface area contributed by atoms with Crippen molar-refractivity contribution >= 4 is 27.3 Å². The highest BCUT2D eigenvalue weighted by atomic mass is 35.5. The van der Waals surface area contributed by atoms with E-state index in [1.807, 2.05) is 42.5 Å². The number of sulfone groups is 1. The Morgan fingerprint density at radius 3 is 2.69 bits per heavy atom. The highest BCUT2D eigenvalue weighted by Crippen LogP contribution is 2.45. The Kier molecular flexibility index (Phi) is 7.79. The van der Waals surface area contributed by atoms with Crippen LogP contribution in [-0.2, 0) is 19.4 Å². The summed E-state index contributed by atoms with van der Waals surface area (Å²) in [7, 11) is -3.10. The minimum Gasteiger partial charge on any atom is -0.484 e. The van der Waals surface area contributed by atoms with Gasteiger partial charge in [0.25, 0.3) is 5.91 Å². The lowest BCUT2D eigenvalue weighted by Crippen LogP contribution is -2.48. The molecule has 1 unspecified atom stereocenters. The second kappa shape index (κ2) is 10.5. The summed E-state index contributed by atoms with van der Waals surface area (Å²) in [6.45, 7) is 6.60. The van der Waals surface area contributed by atoms with Crippen LogP contribution < -0.4 is 10.1 Å². The number of carbonyl (C=O) groups excluding carboxylic acids is 1. The summed E-state index contributed by atoms with van der Waals surface area (Å²) in [5, 5.41) is 3.61. The fourth-order valence-electron chi connectivity index (χ4n) is 5.26. The smallest absolute Gasteiger partial charge is 0.258 e.